The zero-order valence-electron chi connectivity index (χ0n) is 13.7. The highest BCUT2D eigenvalue weighted by Crippen LogP contribution is 2.34. The maximum absolute atomic E-state index is 12.9. The van der Waals surface area contributed by atoms with Gasteiger partial charge in [0.1, 0.15) is 0 Å². The number of piperazine rings is 1. The van der Waals surface area contributed by atoms with Crippen molar-refractivity contribution in [3.05, 3.63) is 42.0 Å². The molecule has 1 heterocycles. The van der Waals surface area contributed by atoms with Gasteiger partial charge in [0.2, 0.25) is 5.91 Å². The third-order valence-electron chi connectivity index (χ3n) is 3.83. The highest BCUT2D eigenvalue weighted by molar-refractivity contribution is 5.93. The van der Waals surface area contributed by atoms with Crippen LogP contribution in [0.3, 0.4) is 0 Å². The predicted molar refractivity (Wildman–Crippen MR) is 87.8 cm³/mol. The molecule has 1 aromatic rings. The monoisotopic (exact) mass is 341 g/mol. The summed E-state index contributed by atoms with van der Waals surface area (Å²) in [5.74, 6) is -0.431. The Labute approximate surface area is 139 Å². The first kappa shape index (κ1) is 18.5. The van der Waals surface area contributed by atoms with Crippen molar-refractivity contribution >= 4 is 11.6 Å². The van der Waals surface area contributed by atoms with Crippen molar-refractivity contribution in [1.29, 1.82) is 0 Å². The maximum atomic E-state index is 12.9. The number of hydrogen-bond donors (Lipinski definition) is 1. The molecule has 4 nitrogen and oxygen atoms in total. The molecule has 1 aromatic carbocycles. The first-order chi connectivity index (χ1) is 11.3. The Hall–Kier alpha value is -1.86. The summed E-state index contributed by atoms with van der Waals surface area (Å²) in [6.07, 6.45) is -4.49. The molecule has 2 rings (SSSR count). The average molecular weight is 341 g/mol. The fourth-order valence-corrected chi connectivity index (χ4v) is 2.72. The van der Waals surface area contributed by atoms with Gasteiger partial charge in [0.15, 0.2) is 0 Å². The van der Waals surface area contributed by atoms with E-state index in [-0.39, 0.29) is 12.2 Å². The number of amides is 1. The summed E-state index contributed by atoms with van der Waals surface area (Å²) < 4.78 is 38.8. The summed E-state index contributed by atoms with van der Waals surface area (Å²) in [6, 6.07) is 5.01. The van der Waals surface area contributed by atoms with E-state index in [9.17, 15) is 18.0 Å². The van der Waals surface area contributed by atoms with Crippen molar-refractivity contribution in [3.63, 3.8) is 0 Å². The van der Waals surface area contributed by atoms with Crippen molar-refractivity contribution in [1.82, 2.24) is 9.80 Å². The van der Waals surface area contributed by atoms with Crippen LogP contribution in [0.5, 0.6) is 0 Å². The summed E-state index contributed by atoms with van der Waals surface area (Å²) in [7, 11) is 0. The van der Waals surface area contributed by atoms with Crippen LogP contribution in [0.15, 0.2) is 36.4 Å². The van der Waals surface area contributed by atoms with Gasteiger partial charge < -0.3 is 5.32 Å². The van der Waals surface area contributed by atoms with Crippen LogP contribution in [0.2, 0.25) is 0 Å². The number of halogens is 3. The average Bonchev–Trinajstić information content (AvgIpc) is 2.48. The normalized spacial score (nSPS) is 16.8. The number of hydrogen-bond acceptors (Lipinski definition) is 3. The van der Waals surface area contributed by atoms with E-state index in [1.807, 2.05) is 11.8 Å². The molecule has 0 aromatic heterocycles. The van der Waals surface area contributed by atoms with Crippen molar-refractivity contribution in [3.8, 4) is 0 Å². The number of rotatable bonds is 5. The lowest BCUT2D eigenvalue weighted by atomic mass is 10.1. The molecule has 7 heteroatoms. The summed E-state index contributed by atoms with van der Waals surface area (Å²) in [5, 5.41) is 2.38. The highest BCUT2D eigenvalue weighted by Gasteiger charge is 2.33. The van der Waals surface area contributed by atoms with Crippen molar-refractivity contribution in [2.24, 2.45) is 0 Å². The molecule has 1 saturated heterocycles. The molecule has 1 N–H and O–H groups in total. The van der Waals surface area contributed by atoms with Gasteiger partial charge in [-0.3, -0.25) is 14.6 Å². The first-order valence-electron chi connectivity index (χ1n) is 7.81. The highest BCUT2D eigenvalue weighted by atomic mass is 19.4. The third-order valence-corrected chi connectivity index (χ3v) is 3.83. The van der Waals surface area contributed by atoms with Gasteiger partial charge in [-0.2, -0.15) is 13.2 Å². The summed E-state index contributed by atoms with van der Waals surface area (Å²) in [4.78, 5) is 16.3. The lowest BCUT2D eigenvalue weighted by Crippen LogP contribution is -2.48. The van der Waals surface area contributed by atoms with Crippen LogP contribution in [0, 0.1) is 0 Å². The Morgan fingerprint density at radius 3 is 2.21 bits per heavy atom. The smallest absolute Gasteiger partial charge is 0.324 e. The van der Waals surface area contributed by atoms with Crippen LogP contribution >= 0.6 is 0 Å². The molecule has 0 aliphatic carbocycles. The lowest BCUT2D eigenvalue weighted by Gasteiger charge is -2.34. The van der Waals surface area contributed by atoms with E-state index in [0.717, 1.165) is 31.3 Å². The second kappa shape index (κ2) is 7.81. The topological polar surface area (TPSA) is 35.6 Å². The van der Waals surface area contributed by atoms with Crippen molar-refractivity contribution in [2.75, 3.05) is 44.6 Å². The molecule has 0 atom stereocenters. The van der Waals surface area contributed by atoms with E-state index in [2.05, 4.69) is 16.8 Å². The Morgan fingerprint density at radius 1 is 1.12 bits per heavy atom. The molecule has 24 heavy (non-hydrogen) atoms. The molecule has 1 amide bonds. The van der Waals surface area contributed by atoms with Crippen LogP contribution < -0.4 is 5.32 Å². The van der Waals surface area contributed by atoms with E-state index >= 15 is 0 Å². The summed E-state index contributed by atoms with van der Waals surface area (Å²) in [5.41, 5.74) is 0.0606. The summed E-state index contributed by atoms with van der Waals surface area (Å²) in [6.45, 7) is 9.83. The Kier molecular flexibility index (Phi) is 6.01. The molecule has 0 bridgehead atoms. The summed E-state index contributed by atoms with van der Waals surface area (Å²) >= 11 is 0. The third kappa shape index (κ3) is 5.35. The molecule has 0 unspecified atom stereocenters. The van der Waals surface area contributed by atoms with E-state index in [1.54, 1.807) is 0 Å². The first-order valence-corrected chi connectivity index (χ1v) is 7.81. The number of carbonyl (C=O) groups excluding carboxylic acids is 1. The molecule has 0 radical (unpaired) electrons. The number of nitrogens with zero attached hydrogens (tertiary/aromatic N) is 2. The van der Waals surface area contributed by atoms with E-state index in [1.165, 1.54) is 18.2 Å². The van der Waals surface area contributed by atoms with Crippen LogP contribution in [-0.4, -0.2) is 55.0 Å². The maximum Gasteiger partial charge on any atom is 0.418 e. The van der Waals surface area contributed by atoms with Gasteiger partial charge in [-0.25, -0.2) is 0 Å². The molecule has 0 saturated carbocycles. The zero-order valence-corrected chi connectivity index (χ0v) is 13.7. The SMILES string of the molecule is C=C(C)CN1CCN(CC(=O)Nc2ccccc2C(F)(F)F)CC1. The number of alkyl halides is 3. The minimum atomic E-state index is -4.49. The fraction of sp³-hybridized carbons (Fsp3) is 0.471. The number of nitrogens with one attached hydrogen (secondary N) is 1. The van der Waals surface area contributed by atoms with Crippen molar-refractivity contribution < 1.29 is 18.0 Å². The zero-order chi connectivity index (χ0) is 17.7. The van der Waals surface area contributed by atoms with E-state index in [0.29, 0.717) is 13.1 Å². The minimum Gasteiger partial charge on any atom is -0.324 e. The van der Waals surface area contributed by atoms with Gasteiger partial charge in [0.25, 0.3) is 0 Å². The van der Waals surface area contributed by atoms with Gasteiger partial charge in [-0.05, 0) is 19.1 Å². The van der Waals surface area contributed by atoms with Crippen LogP contribution in [0.25, 0.3) is 0 Å². The molecule has 0 spiro atoms. The quantitative estimate of drug-likeness (QED) is 0.837. The van der Waals surface area contributed by atoms with Crippen LogP contribution in [0.4, 0.5) is 18.9 Å². The van der Waals surface area contributed by atoms with Crippen LogP contribution in [0.1, 0.15) is 12.5 Å². The van der Waals surface area contributed by atoms with Crippen molar-refractivity contribution in [2.45, 2.75) is 13.1 Å². The largest absolute Gasteiger partial charge is 0.418 e. The second-order valence-corrected chi connectivity index (χ2v) is 6.10. The van der Waals surface area contributed by atoms with Gasteiger partial charge in [-0.1, -0.05) is 24.3 Å². The molecule has 1 aliphatic heterocycles. The number of para-hydroxylation sites is 1. The van der Waals surface area contributed by atoms with Gasteiger partial charge >= 0.3 is 6.18 Å². The number of anilines is 1. The standard InChI is InChI=1S/C17H22F3N3O/c1-13(2)11-22-7-9-23(10-8-22)12-16(24)21-15-6-4-3-5-14(15)17(18,19)20/h3-6H,1,7-12H2,2H3,(H,21,24). The van der Waals surface area contributed by atoms with Gasteiger partial charge in [0, 0.05) is 32.7 Å². The van der Waals surface area contributed by atoms with Crippen LogP contribution in [-0.2, 0) is 11.0 Å². The van der Waals surface area contributed by atoms with Gasteiger partial charge in [0.05, 0.1) is 17.8 Å². The fourth-order valence-electron chi connectivity index (χ4n) is 2.72. The van der Waals surface area contributed by atoms with E-state index < -0.39 is 17.6 Å². The predicted octanol–water partition coefficient (Wildman–Crippen LogP) is 2.84. The minimum absolute atomic E-state index is 0.0904. The Bertz CT molecular complexity index is 593. The molecule has 1 fully saturated rings. The van der Waals surface area contributed by atoms with Gasteiger partial charge in [-0.15, -0.1) is 0 Å². The molecule has 132 valence electrons. The van der Waals surface area contributed by atoms with E-state index in [4.69, 9.17) is 0 Å². The molecular weight excluding hydrogens is 319 g/mol. The molecular formula is C17H22F3N3O. The second-order valence-electron chi connectivity index (χ2n) is 6.10. The Balaban J connectivity index is 1.88. The number of benzene rings is 1. The Morgan fingerprint density at radius 2 is 1.67 bits per heavy atom. The lowest BCUT2D eigenvalue weighted by molar-refractivity contribution is -0.137. The number of carbonyl (C=O) groups is 1. The molecule has 1 aliphatic rings.